The zero-order valence-corrected chi connectivity index (χ0v) is 7.64. The summed E-state index contributed by atoms with van der Waals surface area (Å²) in [5, 5.41) is 20.2. The topological polar surface area (TPSA) is 95.3 Å². The summed E-state index contributed by atoms with van der Waals surface area (Å²) in [5.74, 6) is -0.788. The molecule has 1 heterocycles. The molecule has 0 saturated heterocycles. The fourth-order valence-electron chi connectivity index (χ4n) is 0.837. The molecule has 3 N–H and O–H groups in total. The number of nitrogens with one attached hydrogen (secondary N) is 1. The van der Waals surface area contributed by atoms with Crippen LogP contribution in [0.15, 0.2) is 12.4 Å². The Morgan fingerprint density at radius 1 is 1.64 bits per heavy atom. The Balaban J connectivity index is 2.78. The number of aromatic carboxylic acids is 1. The van der Waals surface area contributed by atoms with Crippen LogP contribution in [-0.2, 0) is 0 Å². The fourth-order valence-corrected chi connectivity index (χ4v) is 0.837. The van der Waals surface area contributed by atoms with Crippen LogP contribution in [0.25, 0.3) is 0 Å². The van der Waals surface area contributed by atoms with Gasteiger partial charge in [0.2, 0.25) is 0 Å². The van der Waals surface area contributed by atoms with Crippen LogP contribution in [0.1, 0.15) is 17.4 Å². The van der Waals surface area contributed by atoms with Crippen molar-refractivity contribution in [2.45, 2.75) is 13.0 Å². The minimum absolute atomic E-state index is 0.0566. The van der Waals surface area contributed by atoms with Gasteiger partial charge in [0.05, 0.1) is 19.0 Å². The molecule has 0 aliphatic rings. The molecule has 14 heavy (non-hydrogen) atoms. The van der Waals surface area contributed by atoms with Crippen LogP contribution < -0.4 is 5.32 Å². The second-order valence-electron chi connectivity index (χ2n) is 2.82. The van der Waals surface area contributed by atoms with E-state index in [1.807, 2.05) is 0 Å². The molecule has 0 amide bonds. The van der Waals surface area contributed by atoms with Gasteiger partial charge >= 0.3 is 5.97 Å². The predicted molar refractivity (Wildman–Crippen MR) is 49.2 cm³/mol. The van der Waals surface area contributed by atoms with E-state index >= 15 is 0 Å². The van der Waals surface area contributed by atoms with E-state index in [1.165, 1.54) is 6.20 Å². The first-order chi connectivity index (χ1) is 6.63. The Morgan fingerprint density at radius 3 is 2.93 bits per heavy atom. The van der Waals surface area contributed by atoms with Crippen LogP contribution >= 0.6 is 0 Å². The first-order valence-corrected chi connectivity index (χ1v) is 4.06. The maximum absolute atomic E-state index is 10.5. The summed E-state index contributed by atoms with van der Waals surface area (Å²) >= 11 is 0. The van der Waals surface area contributed by atoms with Crippen molar-refractivity contribution < 1.29 is 15.0 Å². The van der Waals surface area contributed by atoms with Crippen molar-refractivity contribution in [1.29, 1.82) is 0 Å². The molecule has 6 nitrogen and oxygen atoms in total. The van der Waals surface area contributed by atoms with Crippen molar-refractivity contribution in [1.82, 2.24) is 9.97 Å². The molecule has 0 aromatic carbocycles. The lowest BCUT2D eigenvalue weighted by Crippen LogP contribution is -2.20. The first kappa shape index (κ1) is 10.4. The molecule has 1 rings (SSSR count). The second kappa shape index (κ2) is 4.52. The number of carbonyl (C=O) groups is 1. The lowest BCUT2D eigenvalue weighted by atomic mass is 10.3. The third-order valence-electron chi connectivity index (χ3n) is 1.52. The van der Waals surface area contributed by atoms with Gasteiger partial charge in [-0.15, -0.1) is 0 Å². The van der Waals surface area contributed by atoms with Gasteiger partial charge in [-0.05, 0) is 6.92 Å². The van der Waals surface area contributed by atoms with Crippen LogP contribution in [0.5, 0.6) is 0 Å². The zero-order chi connectivity index (χ0) is 10.6. The zero-order valence-electron chi connectivity index (χ0n) is 7.64. The van der Waals surface area contributed by atoms with Gasteiger partial charge in [0.1, 0.15) is 5.82 Å². The highest BCUT2D eigenvalue weighted by Crippen LogP contribution is 2.03. The Morgan fingerprint density at radius 2 is 2.36 bits per heavy atom. The Hall–Kier alpha value is -1.69. The Bertz CT molecular complexity index is 329. The van der Waals surface area contributed by atoms with Gasteiger partial charge in [-0.25, -0.2) is 9.78 Å². The molecule has 0 aliphatic carbocycles. The number of anilines is 1. The molecule has 1 unspecified atom stereocenters. The molecule has 6 heteroatoms. The number of rotatable bonds is 4. The van der Waals surface area contributed by atoms with E-state index in [2.05, 4.69) is 15.3 Å². The molecule has 1 atom stereocenters. The number of carboxylic acid groups (broad SMARTS) is 1. The summed E-state index contributed by atoms with van der Waals surface area (Å²) in [5.41, 5.74) is -0.125. The van der Waals surface area contributed by atoms with Crippen LogP contribution in [0.2, 0.25) is 0 Å². The highest BCUT2D eigenvalue weighted by Gasteiger charge is 2.07. The van der Waals surface area contributed by atoms with Crippen molar-refractivity contribution in [3.8, 4) is 0 Å². The van der Waals surface area contributed by atoms with Gasteiger partial charge in [0.15, 0.2) is 5.69 Å². The van der Waals surface area contributed by atoms with Crippen molar-refractivity contribution in [2.24, 2.45) is 0 Å². The molecule has 1 aromatic heterocycles. The normalized spacial score (nSPS) is 12.1. The van der Waals surface area contributed by atoms with Crippen LogP contribution in [0.4, 0.5) is 5.82 Å². The van der Waals surface area contributed by atoms with E-state index in [9.17, 15) is 4.79 Å². The van der Waals surface area contributed by atoms with Gasteiger partial charge in [-0.2, -0.15) is 0 Å². The van der Waals surface area contributed by atoms with Gasteiger partial charge in [-0.3, -0.25) is 4.98 Å². The maximum atomic E-state index is 10.5. The van der Waals surface area contributed by atoms with E-state index in [0.29, 0.717) is 5.82 Å². The van der Waals surface area contributed by atoms with Crippen molar-refractivity contribution in [3.63, 3.8) is 0 Å². The largest absolute Gasteiger partial charge is 0.476 e. The molecular formula is C8H11N3O3. The van der Waals surface area contributed by atoms with E-state index in [0.717, 1.165) is 6.20 Å². The SMILES string of the molecule is CC(CO)Nc1cncc(C(=O)O)n1. The number of hydrogen-bond donors (Lipinski definition) is 3. The molecule has 0 aliphatic heterocycles. The summed E-state index contributed by atoms with van der Waals surface area (Å²) in [7, 11) is 0. The molecule has 0 fully saturated rings. The lowest BCUT2D eigenvalue weighted by molar-refractivity contribution is 0.0690. The van der Waals surface area contributed by atoms with Crippen LogP contribution in [-0.4, -0.2) is 38.8 Å². The summed E-state index contributed by atoms with van der Waals surface area (Å²) in [6.45, 7) is 1.69. The van der Waals surface area contributed by atoms with Gasteiger partial charge in [-0.1, -0.05) is 0 Å². The van der Waals surface area contributed by atoms with Crippen molar-refractivity contribution in [2.75, 3.05) is 11.9 Å². The maximum Gasteiger partial charge on any atom is 0.356 e. The average Bonchev–Trinajstić information content (AvgIpc) is 2.18. The Kier molecular flexibility index (Phi) is 3.35. The molecule has 0 spiro atoms. The van der Waals surface area contributed by atoms with Gasteiger partial charge in [0.25, 0.3) is 0 Å². The van der Waals surface area contributed by atoms with Gasteiger partial charge in [0, 0.05) is 6.04 Å². The average molecular weight is 197 g/mol. The van der Waals surface area contributed by atoms with Crippen molar-refractivity contribution in [3.05, 3.63) is 18.1 Å². The summed E-state index contributed by atoms with van der Waals surface area (Å²) in [6, 6.07) is -0.187. The van der Waals surface area contributed by atoms with E-state index in [-0.39, 0.29) is 18.3 Å². The van der Waals surface area contributed by atoms with Crippen LogP contribution in [0.3, 0.4) is 0 Å². The fraction of sp³-hybridized carbons (Fsp3) is 0.375. The third kappa shape index (κ3) is 2.67. The molecular weight excluding hydrogens is 186 g/mol. The highest BCUT2D eigenvalue weighted by molar-refractivity contribution is 5.85. The third-order valence-corrected chi connectivity index (χ3v) is 1.52. The van der Waals surface area contributed by atoms with Crippen molar-refractivity contribution >= 4 is 11.8 Å². The van der Waals surface area contributed by atoms with Gasteiger partial charge < -0.3 is 15.5 Å². The lowest BCUT2D eigenvalue weighted by Gasteiger charge is -2.10. The summed E-state index contributed by atoms with van der Waals surface area (Å²) in [4.78, 5) is 18.0. The molecule has 76 valence electrons. The number of aliphatic hydroxyl groups is 1. The number of aliphatic hydroxyl groups excluding tert-OH is 1. The molecule has 0 bridgehead atoms. The molecule has 1 aromatic rings. The second-order valence-corrected chi connectivity index (χ2v) is 2.82. The minimum Gasteiger partial charge on any atom is -0.476 e. The first-order valence-electron chi connectivity index (χ1n) is 4.06. The predicted octanol–water partition coefficient (Wildman–Crippen LogP) is -0.0325. The van der Waals surface area contributed by atoms with E-state index in [1.54, 1.807) is 6.92 Å². The number of aromatic nitrogens is 2. The molecule has 0 radical (unpaired) electrons. The van der Waals surface area contributed by atoms with E-state index in [4.69, 9.17) is 10.2 Å². The Labute approximate surface area is 80.6 Å². The quantitative estimate of drug-likeness (QED) is 0.627. The smallest absolute Gasteiger partial charge is 0.356 e. The van der Waals surface area contributed by atoms with E-state index < -0.39 is 5.97 Å². The molecule has 0 saturated carbocycles. The monoisotopic (exact) mass is 197 g/mol. The minimum atomic E-state index is -1.13. The van der Waals surface area contributed by atoms with Crippen LogP contribution in [0, 0.1) is 0 Å². The number of nitrogens with zero attached hydrogens (tertiary/aromatic N) is 2. The standard InChI is InChI=1S/C8H11N3O3/c1-5(4-12)10-7-3-9-2-6(11-7)8(13)14/h2-3,5,12H,4H2,1H3,(H,10,11)(H,13,14). The number of hydrogen-bond acceptors (Lipinski definition) is 5. The summed E-state index contributed by atoms with van der Waals surface area (Å²) < 4.78 is 0. The highest BCUT2D eigenvalue weighted by atomic mass is 16.4. The summed E-state index contributed by atoms with van der Waals surface area (Å²) in [6.07, 6.45) is 2.57. The number of carboxylic acids is 1.